The van der Waals surface area contributed by atoms with Gasteiger partial charge in [0.05, 0.1) is 45.6 Å². The Balaban J connectivity index is 2.12. The lowest BCUT2D eigenvalue weighted by Gasteiger charge is -2.28. The first-order valence-corrected chi connectivity index (χ1v) is 12.5. The number of carbonyl (C=O) groups is 4. The van der Waals surface area contributed by atoms with Crippen molar-refractivity contribution >= 4 is 23.5 Å². The molecule has 12 nitrogen and oxygen atoms in total. The number of carbonyl (C=O) groups excluding carboxylic acids is 4. The van der Waals surface area contributed by atoms with Crippen LogP contribution in [0.5, 0.6) is 0 Å². The molecule has 0 aliphatic carbocycles. The number of nitrogens with zero attached hydrogens (tertiary/aromatic N) is 1. The molecule has 0 unspecified atom stereocenters. The average molecular weight is 573 g/mol. The first-order valence-electron chi connectivity index (χ1n) is 12.5. The second-order valence-electron chi connectivity index (χ2n) is 9.83. The van der Waals surface area contributed by atoms with E-state index in [4.69, 9.17) is 9.47 Å². The maximum absolute atomic E-state index is 13.0. The van der Waals surface area contributed by atoms with E-state index in [1.165, 1.54) is 0 Å². The first kappa shape index (κ1) is 32.8. The van der Waals surface area contributed by atoms with Crippen LogP contribution in [0.25, 0.3) is 0 Å². The molecule has 2 aliphatic rings. The van der Waals surface area contributed by atoms with Crippen LogP contribution in [0.2, 0.25) is 0 Å². The summed E-state index contributed by atoms with van der Waals surface area (Å²) in [6, 6.07) is -4.50. The highest BCUT2D eigenvalue weighted by atomic mass is 19.3. The molecule has 16 heteroatoms. The highest BCUT2D eigenvalue weighted by Crippen LogP contribution is 2.29. The molecule has 2 saturated heterocycles. The standard InChI is InChI=1S/C23H36F4N4O8/c1-13(2)8-14(18(33)23(3)12-39-23)29-20(35)16(11-38-22(26)27)30-19(34)15(10-37-21(24)25)28-17(32)9-31-4-6-36-7-5-31/h13-16,21-22H,4-12H2,1-3H3,(H,28,32)(H,29,35)(H,30,34)/t14-,15-,16-,23+/m0/s1. The summed E-state index contributed by atoms with van der Waals surface area (Å²) < 4.78 is 69.7. The molecule has 2 heterocycles. The zero-order chi connectivity index (χ0) is 29.2. The van der Waals surface area contributed by atoms with Gasteiger partial charge in [-0.1, -0.05) is 13.8 Å². The summed E-state index contributed by atoms with van der Waals surface area (Å²) in [5, 5.41) is 6.83. The number of epoxide rings is 1. The van der Waals surface area contributed by atoms with Crippen molar-refractivity contribution < 1.29 is 55.7 Å². The number of alkyl halides is 4. The second kappa shape index (κ2) is 15.4. The highest BCUT2D eigenvalue weighted by Gasteiger charge is 2.50. The van der Waals surface area contributed by atoms with Crippen LogP contribution in [-0.4, -0.2) is 118 Å². The maximum atomic E-state index is 13.0. The molecule has 39 heavy (non-hydrogen) atoms. The minimum atomic E-state index is -3.30. The fraction of sp³-hybridized carbons (Fsp3) is 0.826. The van der Waals surface area contributed by atoms with E-state index in [1.807, 2.05) is 0 Å². The van der Waals surface area contributed by atoms with Crippen LogP contribution in [0.4, 0.5) is 17.6 Å². The molecule has 3 amide bonds. The Hall–Kier alpha value is -2.40. The van der Waals surface area contributed by atoms with E-state index in [0.29, 0.717) is 26.3 Å². The zero-order valence-corrected chi connectivity index (χ0v) is 22.1. The fourth-order valence-electron chi connectivity index (χ4n) is 3.77. The van der Waals surface area contributed by atoms with E-state index >= 15 is 0 Å². The van der Waals surface area contributed by atoms with Gasteiger partial charge in [-0.15, -0.1) is 0 Å². The van der Waals surface area contributed by atoms with Gasteiger partial charge in [0.2, 0.25) is 17.7 Å². The molecule has 0 aromatic heterocycles. The Morgan fingerprint density at radius 1 is 0.872 bits per heavy atom. The van der Waals surface area contributed by atoms with E-state index in [-0.39, 0.29) is 25.5 Å². The zero-order valence-electron chi connectivity index (χ0n) is 22.1. The summed E-state index contributed by atoms with van der Waals surface area (Å²) >= 11 is 0. The number of ether oxygens (including phenoxy) is 4. The summed E-state index contributed by atoms with van der Waals surface area (Å²) in [6.07, 6.45) is 0.197. The first-order chi connectivity index (χ1) is 18.3. The quantitative estimate of drug-likeness (QED) is 0.157. The third-order valence-corrected chi connectivity index (χ3v) is 5.97. The minimum Gasteiger partial charge on any atom is -0.379 e. The number of amides is 3. The lowest BCUT2D eigenvalue weighted by Crippen LogP contribution is -2.59. The number of hydrogen-bond acceptors (Lipinski definition) is 9. The Morgan fingerprint density at radius 3 is 1.82 bits per heavy atom. The molecule has 0 aromatic carbocycles. The van der Waals surface area contributed by atoms with Crippen LogP contribution in [-0.2, 0) is 38.1 Å². The van der Waals surface area contributed by atoms with Crippen molar-refractivity contribution in [2.75, 3.05) is 52.7 Å². The number of rotatable bonds is 17. The minimum absolute atomic E-state index is 0.0514. The van der Waals surface area contributed by atoms with Gasteiger partial charge in [-0.3, -0.25) is 24.1 Å². The molecule has 2 fully saturated rings. The molecule has 0 saturated carbocycles. The molecule has 0 radical (unpaired) electrons. The van der Waals surface area contributed by atoms with Crippen molar-refractivity contribution in [1.82, 2.24) is 20.9 Å². The third-order valence-electron chi connectivity index (χ3n) is 5.97. The van der Waals surface area contributed by atoms with Crippen LogP contribution in [0.1, 0.15) is 27.2 Å². The van der Waals surface area contributed by atoms with E-state index in [0.717, 1.165) is 0 Å². The van der Waals surface area contributed by atoms with Gasteiger partial charge >= 0.3 is 13.2 Å². The molecule has 0 spiro atoms. The molecule has 0 bridgehead atoms. The van der Waals surface area contributed by atoms with Gasteiger partial charge in [-0.2, -0.15) is 17.6 Å². The van der Waals surface area contributed by atoms with E-state index < -0.39 is 73.7 Å². The summed E-state index contributed by atoms with van der Waals surface area (Å²) in [5.74, 6) is -3.36. The number of Topliss-reactive ketones (excluding diaryl/α,β-unsaturated/α-hetero) is 1. The molecular weight excluding hydrogens is 536 g/mol. The smallest absolute Gasteiger partial charge is 0.345 e. The third kappa shape index (κ3) is 11.7. The number of nitrogens with one attached hydrogen (secondary N) is 3. The summed E-state index contributed by atoms with van der Waals surface area (Å²) in [7, 11) is 0. The van der Waals surface area contributed by atoms with E-state index in [2.05, 4.69) is 25.4 Å². The molecule has 3 N–H and O–H groups in total. The highest BCUT2D eigenvalue weighted by molar-refractivity contribution is 5.98. The van der Waals surface area contributed by atoms with E-state index in [1.54, 1.807) is 25.7 Å². The van der Waals surface area contributed by atoms with Gasteiger partial charge in [0.15, 0.2) is 5.78 Å². The van der Waals surface area contributed by atoms with Crippen molar-refractivity contribution in [3.63, 3.8) is 0 Å². The lowest BCUT2D eigenvalue weighted by atomic mass is 9.93. The van der Waals surface area contributed by atoms with Gasteiger partial charge in [-0.25, -0.2) is 0 Å². The number of hydrogen-bond donors (Lipinski definition) is 3. The normalized spacial score (nSPS) is 21.9. The Kier molecular flexibility index (Phi) is 13.0. The Bertz CT molecular complexity index is 841. The number of ketones is 1. The van der Waals surface area contributed by atoms with E-state index in [9.17, 15) is 36.7 Å². The fourth-order valence-corrected chi connectivity index (χ4v) is 3.77. The largest absolute Gasteiger partial charge is 0.379 e. The maximum Gasteiger partial charge on any atom is 0.345 e. The van der Waals surface area contributed by atoms with Crippen molar-refractivity contribution in [3.8, 4) is 0 Å². The predicted octanol–water partition coefficient (Wildman–Crippen LogP) is -0.344. The molecule has 0 aromatic rings. The average Bonchev–Trinajstić information content (AvgIpc) is 3.61. The van der Waals surface area contributed by atoms with Crippen molar-refractivity contribution in [1.29, 1.82) is 0 Å². The lowest BCUT2D eigenvalue weighted by molar-refractivity contribution is -0.153. The van der Waals surface area contributed by atoms with Crippen LogP contribution in [0.3, 0.4) is 0 Å². The topological polar surface area (TPSA) is 148 Å². The molecule has 2 rings (SSSR count). The van der Waals surface area contributed by atoms with Gasteiger partial charge in [-0.05, 0) is 19.3 Å². The second-order valence-corrected chi connectivity index (χ2v) is 9.83. The van der Waals surface area contributed by atoms with Crippen molar-refractivity contribution in [3.05, 3.63) is 0 Å². The monoisotopic (exact) mass is 572 g/mol. The predicted molar refractivity (Wildman–Crippen MR) is 126 cm³/mol. The van der Waals surface area contributed by atoms with Gasteiger partial charge in [0, 0.05) is 13.1 Å². The Labute approximate surface area is 223 Å². The van der Waals surface area contributed by atoms with Crippen LogP contribution >= 0.6 is 0 Å². The van der Waals surface area contributed by atoms with Gasteiger partial charge in [0.1, 0.15) is 17.7 Å². The van der Waals surface area contributed by atoms with Gasteiger partial charge in [0.25, 0.3) is 0 Å². The molecular formula is C23H36F4N4O8. The van der Waals surface area contributed by atoms with Crippen molar-refractivity contribution in [2.45, 2.75) is 64.1 Å². The number of morpholine rings is 1. The molecule has 224 valence electrons. The summed E-state index contributed by atoms with van der Waals surface area (Å²) in [6.45, 7) is -1.76. The summed E-state index contributed by atoms with van der Waals surface area (Å²) in [5.41, 5.74) is -1.09. The number of halogens is 4. The SMILES string of the molecule is CC(C)C[C@H](NC(=O)[C@H](COC(F)F)NC(=O)[C@H](COC(F)F)NC(=O)CN1CCOCC1)C(=O)[C@@]1(C)CO1. The molecule has 4 atom stereocenters. The summed E-state index contributed by atoms with van der Waals surface area (Å²) in [4.78, 5) is 52.9. The van der Waals surface area contributed by atoms with Gasteiger partial charge < -0.3 is 34.9 Å². The molecule has 2 aliphatic heterocycles. The van der Waals surface area contributed by atoms with Crippen LogP contribution < -0.4 is 16.0 Å². The Morgan fingerprint density at radius 2 is 1.36 bits per heavy atom. The van der Waals surface area contributed by atoms with Crippen LogP contribution in [0, 0.1) is 5.92 Å². The van der Waals surface area contributed by atoms with Crippen molar-refractivity contribution in [2.24, 2.45) is 5.92 Å². The van der Waals surface area contributed by atoms with Crippen LogP contribution in [0.15, 0.2) is 0 Å².